The minimum Gasteiger partial charge on any atom is -0.207 e. The van der Waals surface area contributed by atoms with Crippen molar-refractivity contribution in [2.24, 2.45) is 0 Å². The number of hydrogen-bond acceptors (Lipinski definition) is 2. The second kappa shape index (κ2) is 6.63. The fourth-order valence-electron chi connectivity index (χ4n) is 2.88. The summed E-state index contributed by atoms with van der Waals surface area (Å²) in [6.45, 7) is 1.28. The van der Waals surface area contributed by atoms with E-state index in [1.807, 2.05) is 42.5 Å². The third kappa shape index (κ3) is 3.23. The van der Waals surface area contributed by atoms with Crippen LogP contribution in [0.1, 0.15) is 25.7 Å². The number of nitrogens with zero attached hydrogens (tertiary/aromatic N) is 1. The second-order valence-corrected chi connectivity index (χ2v) is 7.65. The number of benzene rings is 2. The first-order valence-electron chi connectivity index (χ1n) is 7.83. The predicted molar refractivity (Wildman–Crippen MR) is 89.1 cm³/mol. The molecular weight excluding hydrogens is 294 g/mol. The van der Waals surface area contributed by atoms with Gasteiger partial charge in [0.15, 0.2) is 0 Å². The van der Waals surface area contributed by atoms with E-state index in [2.05, 4.69) is 0 Å². The lowest BCUT2D eigenvalue weighted by molar-refractivity contribution is 0.424. The van der Waals surface area contributed by atoms with E-state index in [0.717, 1.165) is 36.8 Å². The third-order valence-electron chi connectivity index (χ3n) is 4.16. The van der Waals surface area contributed by atoms with Crippen LogP contribution in [0.4, 0.5) is 0 Å². The van der Waals surface area contributed by atoms with Crippen molar-refractivity contribution < 1.29 is 8.42 Å². The number of rotatable bonds is 3. The molecule has 1 aliphatic heterocycles. The van der Waals surface area contributed by atoms with Gasteiger partial charge in [-0.15, -0.1) is 0 Å². The van der Waals surface area contributed by atoms with Crippen LogP contribution in [0.15, 0.2) is 59.5 Å². The summed E-state index contributed by atoms with van der Waals surface area (Å²) in [4.78, 5) is 0.397. The normalized spacial score (nSPS) is 17.1. The van der Waals surface area contributed by atoms with Gasteiger partial charge in [-0.25, -0.2) is 8.42 Å². The summed E-state index contributed by atoms with van der Waals surface area (Å²) >= 11 is 0. The van der Waals surface area contributed by atoms with E-state index < -0.39 is 10.0 Å². The van der Waals surface area contributed by atoms with Crippen molar-refractivity contribution in [1.82, 2.24) is 4.31 Å². The van der Waals surface area contributed by atoms with Crippen LogP contribution < -0.4 is 0 Å². The zero-order chi connectivity index (χ0) is 15.4. The Bertz CT molecular complexity index is 701. The van der Waals surface area contributed by atoms with Gasteiger partial charge in [-0.2, -0.15) is 4.31 Å². The summed E-state index contributed by atoms with van der Waals surface area (Å²) in [7, 11) is -3.35. The molecule has 22 heavy (non-hydrogen) atoms. The monoisotopic (exact) mass is 315 g/mol. The Labute approximate surface area is 132 Å². The minimum atomic E-state index is -3.35. The van der Waals surface area contributed by atoms with E-state index in [0.29, 0.717) is 18.0 Å². The molecule has 1 aliphatic rings. The van der Waals surface area contributed by atoms with Crippen LogP contribution in [0, 0.1) is 0 Å². The smallest absolute Gasteiger partial charge is 0.207 e. The Kier molecular flexibility index (Phi) is 4.60. The molecule has 0 spiro atoms. The molecule has 0 aromatic heterocycles. The van der Waals surface area contributed by atoms with E-state index in [-0.39, 0.29) is 0 Å². The van der Waals surface area contributed by atoms with Gasteiger partial charge in [0.05, 0.1) is 4.90 Å². The molecule has 0 atom stereocenters. The van der Waals surface area contributed by atoms with Crippen LogP contribution in [-0.4, -0.2) is 25.8 Å². The van der Waals surface area contributed by atoms with Gasteiger partial charge in [0.2, 0.25) is 10.0 Å². The molecule has 0 radical (unpaired) electrons. The molecule has 0 bridgehead atoms. The summed E-state index contributed by atoms with van der Waals surface area (Å²) in [5.41, 5.74) is 2.14. The number of sulfonamides is 1. The van der Waals surface area contributed by atoms with Gasteiger partial charge < -0.3 is 0 Å². The van der Waals surface area contributed by atoms with Crippen LogP contribution in [0.2, 0.25) is 0 Å². The largest absolute Gasteiger partial charge is 0.243 e. The first-order chi connectivity index (χ1) is 10.7. The highest BCUT2D eigenvalue weighted by atomic mass is 32.2. The average Bonchev–Trinajstić information content (AvgIpc) is 2.86. The SMILES string of the molecule is O=S(=O)(c1ccc(-c2ccccc2)cc1)N1CCCCCC1. The van der Waals surface area contributed by atoms with Gasteiger partial charge >= 0.3 is 0 Å². The molecule has 1 heterocycles. The lowest BCUT2D eigenvalue weighted by atomic mass is 10.1. The molecule has 0 N–H and O–H groups in total. The summed E-state index contributed by atoms with van der Waals surface area (Å²) in [5.74, 6) is 0. The maximum absolute atomic E-state index is 12.7. The standard InChI is InChI=1S/C18H21NO2S/c20-22(21,19-14-6-1-2-7-15-19)18-12-10-17(11-13-18)16-8-4-3-5-9-16/h3-5,8-13H,1-2,6-7,14-15H2. The van der Waals surface area contributed by atoms with E-state index in [1.165, 1.54) is 0 Å². The van der Waals surface area contributed by atoms with Crippen LogP contribution in [-0.2, 0) is 10.0 Å². The van der Waals surface area contributed by atoms with Crippen LogP contribution >= 0.6 is 0 Å². The minimum absolute atomic E-state index is 0.397. The zero-order valence-corrected chi connectivity index (χ0v) is 13.4. The average molecular weight is 315 g/mol. The highest BCUT2D eigenvalue weighted by Gasteiger charge is 2.24. The van der Waals surface area contributed by atoms with Crippen molar-refractivity contribution in [1.29, 1.82) is 0 Å². The van der Waals surface area contributed by atoms with Crippen molar-refractivity contribution >= 4 is 10.0 Å². The molecule has 2 aromatic rings. The van der Waals surface area contributed by atoms with Crippen LogP contribution in [0.25, 0.3) is 11.1 Å². The topological polar surface area (TPSA) is 37.4 Å². The molecule has 0 saturated carbocycles. The van der Waals surface area contributed by atoms with Crippen LogP contribution in [0.5, 0.6) is 0 Å². The summed E-state index contributed by atoms with van der Waals surface area (Å²) in [6.07, 6.45) is 4.17. The van der Waals surface area contributed by atoms with E-state index in [1.54, 1.807) is 16.4 Å². The first kappa shape index (κ1) is 15.3. The van der Waals surface area contributed by atoms with Gasteiger partial charge in [0.1, 0.15) is 0 Å². The van der Waals surface area contributed by atoms with E-state index in [4.69, 9.17) is 0 Å². The lowest BCUT2D eigenvalue weighted by Gasteiger charge is -2.20. The van der Waals surface area contributed by atoms with Crippen molar-refractivity contribution in [3.05, 3.63) is 54.6 Å². The van der Waals surface area contributed by atoms with E-state index in [9.17, 15) is 8.42 Å². The molecule has 0 unspecified atom stereocenters. The Morgan fingerprint density at radius 2 is 1.23 bits per heavy atom. The zero-order valence-electron chi connectivity index (χ0n) is 12.6. The summed E-state index contributed by atoms with van der Waals surface area (Å²) in [5, 5.41) is 0. The molecule has 0 amide bonds. The van der Waals surface area contributed by atoms with E-state index >= 15 is 0 Å². The lowest BCUT2D eigenvalue weighted by Crippen LogP contribution is -2.31. The van der Waals surface area contributed by atoms with Crippen molar-refractivity contribution in [3.63, 3.8) is 0 Å². The Balaban J connectivity index is 1.85. The van der Waals surface area contributed by atoms with Gasteiger partial charge in [0.25, 0.3) is 0 Å². The highest BCUT2D eigenvalue weighted by molar-refractivity contribution is 7.89. The molecule has 2 aromatic carbocycles. The fraction of sp³-hybridized carbons (Fsp3) is 0.333. The van der Waals surface area contributed by atoms with Crippen molar-refractivity contribution in [3.8, 4) is 11.1 Å². The quantitative estimate of drug-likeness (QED) is 0.861. The maximum atomic E-state index is 12.7. The molecule has 3 nitrogen and oxygen atoms in total. The molecule has 1 fully saturated rings. The highest BCUT2D eigenvalue weighted by Crippen LogP contribution is 2.24. The Morgan fingerprint density at radius 1 is 0.682 bits per heavy atom. The summed E-state index contributed by atoms with van der Waals surface area (Å²) < 4.78 is 27.1. The molecule has 4 heteroatoms. The molecule has 0 aliphatic carbocycles. The molecular formula is C18H21NO2S. The van der Waals surface area contributed by atoms with Gasteiger partial charge in [-0.1, -0.05) is 55.3 Å². The molecule has 3 rings (SSSR count). The second-order valence-electron chi connectivity index (χ2n) is 5.71. The van der Waals surface area contributed by atoms with Gasteiger partial charge in [0, 0.05) is 13.1 Å². The van der Waals surface area contributed by atoms with Crippen molar-refractivity contribution in [2.45, 2.75) is 30.6 Å². The van der Waals surface area contributed by atoms with Gasteiger partial charge in [-0.05, 0) is 36.1 Å². The van der Waals surface area contributed by atoms with Crippen LogP contribution in [0.3, 0.4) is 0 Å². The fourth-order valence-corrected chi connectivity index (χ4v) is 4.40. The van der Waals surface area contributed by atoms with Crippen molar-refractivity contribution in [2.75, 3.05) is 13.1 Å². The predicted octanol–water partition coefficient (Wildman–Crippen LogP) is 3.92. The van der Waals surface area contributed by atoms with Gasteiger partial charge in [-0.3, -0.25) is 0 Å². The Hall–Kier alpha value is -1.65. The summed E-state index contributed by atoms with van der Waals surface area (Å²) in [6, 6.07) is 17.2. The maximum Gasteiger partial charge on any atom is 0.243 e. The molecule has 116 valence electrons. The molecule has 1 saturated heterocycles. The first-order valence-corrected chi connectivity index (χ1v) is 9.27. The third-order valence-corrected chi connectivity index (χ3v) is 6.08. The Morgan fingerprint density at radius 3 is 1.82 bits per heavy atom. The number of hydrogen-bond donors (Lipinski definition) is 0.